The molecule has 0 unspecified atom stereocenters. The van der Waals surface area contributed by atoms with Crippen LogP contribution in [0.4, 0.5) is 28.7 Å². The molecule has 4 N–H and O–H groups in total. The molecule has 3 aromatic rings. The third kappa shape index (κ3) is 8.81. The number of hydrogen-bond acceptors (Lipinski definition) is 10. The van der Waals surface area contributed by atoms with E-state index in [1.807, 2.05) is 24.3 Å². The lowest BCUT2D eigenvalue weighted by molar-refractivity contribution is -0.111. The lowest BCUT2D eigenvalue weighted by Gasteiger charge is -2.46. The summed E-state index contributed by atoms with van der Waals surface area (Å²) in [6.45, 7) is 11.2. The van der Waals surface area contributed by atoms with Gasteiger partial charge in [-0.1, -0.05) is 41.9 Å². The highest BCUT2D eigenvalue weighted by molar-refractivity contribution is 6.42. The summed E-state index contributed by atoms with van der Waals surface area (Å²) < 4.78 is 5.87. The molecule has 2 atom stereocenters. The lowest BCUT2D eigenvalue weighted by atomic mass is 9.99. The summed E-state index contributed by atoms with van der Waals surface area (Å²) in [4.78, 5) is 29.2. The molecule has 2 saturated heterocycles. The molecule has 50 heavy (non-hydrogen) atoms. The van der Waals surface area contributed by atoms with Crippen LogP contribution >= 0.6 is 23.2 Å². The number of amides is 1. The number of hydrogen-bond donors (Lipinski definition) is 4. The Bertz CT molecular complexity index is 1650. The van der Waals surface area contributed by atoms with Gasteiger partial charge in [0.15, 0.2) is 0 Å². The highest BCUT2D eigenvalue weighted by atomic mass is 35.5. The molecule has 1 aliphatic carbocycles. The molecule has 268 valence electrons. The highest BCUT2D eigenvalue weighted by Crippen LogP contribution is 2.40. The number of ether oxygens (including phenoxy) is 1. The number of piperazine rings is 1. The van der Waals surface area contributed by atoms with Gasteiger partial charge < -0.3 is 30.7 Å². The predicted octanol–water partition coefficient (Wildman–Crippen LogP) is 6.20. The maximum Gasteiger partial charge on any atom is 0.247 e. The Hall–Kier alpha value is -3.61. The van der Waals surface area contributed by atoms with Crippen LogP contribution in [0.1, 0.15) is 44.6 Å². The van der Waals surface area contributed by atoms with Crippen LogP contribution in [-0.4, -0.2) is 101 Å². The maximum absolute atomic E-state index is 12.6. The average molecular weight is 724 g/mol. The van der Waals surface area contributed by atoms with Crippen molar-refractivity contribution in [3.05, 3.63) is 71.0 Å². The second-order valence-electron chi connectivity index (χ2n) is 13.5. The predicted molar refractivity (Wildman–Crippen MR) is 202 cm³/mol. The van der Waals surface area contributed by atoms with Gasteiger partial charge in [-0.05, 0) is 69.2 Å². The van der Waals surface area contributed by atoms with E-state index in [2.05, 4.69) is 54.1 Å². The second kappa shape index (κ2) is 16.6. The molecule has 1 saturated carbocycles. The molecule has 11 nitrogen and oxygen atoms in total. The third-order valence-corrected chi connectivity index (χ3v) is 10.9. The Morgan fingerprint density at radius 3 is 2.54 bits per heavy atom. The number of nitrogens with one attached hydrogen (secondary N) is 3. The Balaban J connectivity index is 1.16. The molecule has 6 rings (SSSR count). The van der Waals surface area contributed by atoms with Gasteiger partial charge in [0.25, 0.3) is 0 Å². The summed E-state index contributed by atoms with van der Waals surface area (Å²) in [5.74, 6) is 1.42. The number of nitrogens with zero attached hydrogens (tertiary/aromatic N) is 5. The molecule has 0 spiro atoms. The largest absolute Gasteiger partial charge is 0.494 e. The number of aliphatic hydroxyl groups excluding tert-OH is 1. The number of halogens is 2. The zero-order chi connectivity index (χ0) is 35.2. The minimum Gasteiger partial charge on any atom is -0.494 e. The van der Waals surface area contributed by atoms with Crippen molar-refractivity contribution in [3.8, 4) is 5.75 Å². The SMILES string of the molecule is C=CC(=O)Nc1cc(Nc2cc(N[C@H](CCO)Cc3cccc(Cl)c3Cl)ncn2)c(OC)cc1N1CCC(N2CCN(C3CC3)[C@@H](C)C2)CC1. The van der Waals surface area contributed by atoms with Crippen molar-refractivity contribution in [1.29, 1.82) is 0 Å². The average Bonchev–Trinajstić information content (AvgIpc) is 3.96. The van der Waals surface area contributed by atoms with Gasteiger partial charge in [-0.3, -0.25) is 14.6 Å². The molecule has 1 aromatic heterocycles. The fourth-order valence-electron chi connectivity index (χ4n) is 7.34. The zero-order valence-corrected chi connectivity index (χ0v) is 30.4. The fourth-order valence-corrected chi connectivity index (χ4v) is 7.73. The number of anilines is 5. The van der Waals surface area contributed by atoms with Gasteiger partial charge in [0.2, 0.25) is 5.91 Å². The molecule has 3 aliphatic rings. The Morgan fingerprint density at radius 2 is 1.84 bits per heavy atom. The molecule has 2 aromatic carbocycles. The number of methoxy groups -OCH3 is 1. The van der Waals surface area contributed by atoms with Crippen LogP contribution in [0.25, 0.3) is 0 Å². The van der Waals surface area contributed by atoms with Crippen molar-refractivity contribution in [2.75, 3.05) is 67.3 Å². The summed E-state index contributed by atoms with van der Waals surface area (Å²) in [5.41, 5.74) is 3.08. The van der Waals surface area contributed by atoms with Crippen molar-refractivity contribution >= 4 is 57.8 Å². The first-order valence-corrected chi connectivity index (χ1v) is 18.3. The van der Waals surface area contributed by atoms with Gasteiger partial charge in [0.05, 0.1) is 34.2 Å². The summed E-state index contributed by atoms with van der Waals surface area (Å²) in [5, 5.41) is 20.5. The van der Waals surface area contributed by atoms with Crippen LogP contribution in [0.3, 0.4) is 0 Å². The molecule has 0 bridgehead atoms. The Labute approximate surface area is 305 Å². The summed E-state index contributed by atoms with van der Waals surface area (Å²) in [7, 11) is 1.63. The zero-order valence-electron chi connectivity index (χ0n) is 28.9. The highest BCUT2D eigenvalue weighted by Gasteiger charge is 2.37. The normalized spacial score (nSPS) is 19.5. The van der Waals surface area contributed by atoms with E-state index >= 15 is 0 Å². The van der Waals surface area contributed by atoms with E-state index in [-0.39, 0.29) is 18.6 Å². The first-order valence-electron chi connectivity index (χ1n) is 17.6. The van der Waals surface area contributed by atoms with E-state index in [4.69, 9.17) is 27.9 Å². The molecule has 13 heteroatoms. The van der Waals surface area contributed by atoms with Crippen molar-refractivity contribution in [3.63, 3.8) is 0 Å². The maximum atomic E-state index is 12.6. The van der Waals surface area contributed by atoms with Crippen LogP contribution in [0.15, 0.2) is 55.4 Å². The van der Waals surface area contributed by atoms with Gasteiger partial charge >= 0.3 is 0 Å². The monoisotopic (exact) mass is 722 g/mol. The van der Waals surface area contributed by atoms with E-state index in [0.29, 0.717) is 63.7 Å². The quantitative estimate of drug-likeness (QED) is 0.143. The van der Waals surface area contributed by atoms with E-state index in [1.165, 1.54) is 31.8 Å². The van der Waals surface area contributed by atoms with Crippen LogP contribution in [-0.2, 0) is 11.2 Å². The van der Waals surface area contributed by atoms with Crippen LogP contribution in [0.5, 0.6) is 5.75 Å². The molecule has 2 aliphatic heterocycles. The first kappa shape index (κ1) is 36.2. The van der Waals surface area contributed by atoms with Gasteiger partial charge in [-0.2, -0.15) is 0 Å². The Kier molecular flexibility index (Phi) is 12.0. The summed E-state index contributed by atoms with van der Waals surface area (Å²) in [6.07, 6.45) is 8.59. The van der Waals surface area contributed by atoms with Crippen molar-refractivity contribution in [2.24, 2.45) is 0 Å². The first-order chi connectivity index (χ1) is 24.3. The molecule has 3 heterocycles. The lowest BCUT2D eigenvalue weighted by Crippen LogP contribution is -2.57. The van der Waals surface area contributed by atoms with Gasteiger partial charge in [0, 0.05) is 75.6 Å². The number of aromatic nitrogens is 2. The van der Waals surface area contributed by atoms with E-state index < -0.39 is 0 Å². The van der Waals surface area contributed by atoms with Crippen LogP contribution in [0.2, 0.25) is 10.0 Å². The minimum absolute atomic E-state index is 0.0109. The van der Waals surface area contributed by atoms with E-state index in [0.717, 1.165) is 56.3 Å². The standard InChI is InChI=1S/C37H48Cl2N8O3/c1-4-36(49)44-30-19-31(43-35-21-34(40-23-41-35)42-26(12-17-48)18-25-6-5-7-29(38)37(25)39)33(50-3)20-32(30)45-13-10-27(11-14-45)46-15-16-47(24(2)22-46)28-8-9-28/h4-7,19-21,23-24,26-28,48H,1,8-18,22H2,2-3H3,(H,44,49)(H2,40,41,42,43)/t24-,26+/m0/s1. The molecule has 1 amide bonds. The third-order valence-electron chi connectivity index (χ3n) is 10.1. The van der Waals surface area contributed by atoms with Crippen molar-refractivity contribution in [1.82, 2.24) is 19.8 Å². The van der Waals surface area contributed by atoms with Gasteiger partial charge in [-0.15, -0.1) is 0 Å². The van der Waals surface area contributed by atoms with Gasteiger partial charge in [0.1, 0.15) is 23.7 Å². The van der Waals surface area contributed by atoms with Crippen molar-refractivity contribution < 1.29 is 14.6 Å². The summed E-state index contributed by atoms with van der Waals surface area (Å²) >= 11 is 12.7. The summed E-state index contributed by atoms with van der Waals surface area (Å²) in [6, 6.07) is 13.0. The molecule has 3 fully saturated rings. The number of piperidine rings is 1. The second-order valence-corrected chi connectivity index (χ2v) is 14.3. The Morgan fingerprint density at radius 1 is 1.06 bits per heavy atom. The van der Waals surface area contributed by atoms with E-state index in [9.17, 15) is 9.90 Å². The molecular formula is C37H48Cl2N8O3. The number of benzene rings is 2. The minimum atomic E-state index is -0.289. The molecule has 0 radical (unpaired) electrons. The molecular weight excluding hydrogens is 675 g/mol. The van der Waals surface area contributed by atoms with Crippen molar-refractivity contribution in [2.45, 2.75) is 69.6 Å². The van der Waals surface area contributed by atoms with Gasteiger partial charge in [-0.25, -0.2) is 9.97 Å². The smallest absolute Gasteiger partial charge is 0.247 e. The van der Waals surface area contributed by atoms with Crippen LogP contribution < -0.4 is 25.6 Å². The number of carbonyl (C=O) groups is 1. The topological polar surface area (TPSA) is 118 Å². The van der Waals surface area contributed by atoms with Crippen LogP contribution in [0, 0.1) is 0 Å². The number of rotatable bonds is 14. The number of aliphatic hydroxyl groups is 1. The fraction of sp³-hybridized carbons (Fsp3) is 0.486. The van der Waals surface area contributed by atoms with E-state index in [1.54, 1.807) is 19.2 Å². The number of carbonyl (C=O) groups excluding carboxylic acids is 1.